The number of nitrogens with one attached hydrogen (secondary N) is 1. The van der Waals surface area contributed by atoms with Crippen LogP contribution >= 0.6 is 0 Å². The van der Waals surface area contributed by atoms with Crippen molar-refractivity contribution < 1.29 is 0 Å². The second-order valence-electron chi connectivity index (χ2n) is 5.20. The third kappa shape index (κ3) is 3.79. The Labute approximate surface area is 104 Å². The average Bonchev–Trinajstić information content (AvgIpc) is 2.79. The van der Waals surface area contributed by atoms with Gasteiger partial charge in [0.2, 0.25) is 0 Å². The van der Waals surface area contributed by atoms with E-state index in [0.717, 1.165) is 24.7 Å². The molecule has 3 heteroatoms. The molecule has 0 spiro atoms. The average molecular weight is 233 g/mol. The number of aromatic nitrogens is 1. The van der Waals surface area contributed by atoms with Crippen LogP contribution in [-0.2, 0) is 6.54 Å². The van der Waals surface area contributed by atoms with Crippen molar-refractivity contribution in [2.24, 2.45) is 5.92 Å². The molecule has 0 aliphatic carbocycles. The molecule has 1 aromatic heterocycles. The molecule has 94 valence electrons. The van der Waals surface area contributed by atoms with Gasteiger partial charge in [0, 0.05) is 25.3 Å². The van der Waals surface area contributed by atoms with Gasteiger partial charge in [-0.1, -0.05) is 6.07 Å². The summed E-state index contributed by atoms with van der Waals surface area (Å²) in [5.74, 6) is 0.807. The van der Waals surface area contributed by atoms with Crippen LogP contribution in [0.2, 0.25) is 0 Å². The number of hydrogen-bond acceptors (Lipinski definition) is 3. The van der Waals surface area contributed by atoms with E-state index in [0.29, 0.717) is 6.04 Å². The fourth-order valence-electron chi connectivity index (χ4n) is 2.41. The monoisotopic (exact) mass is 233 g/mol. The highest BCUT2D eigenvalue weighted by atomic mass is 15.2. The molecule has 1 aromatic rings. The summed E-state index contributed by atoms with van der Waals surface area (Å²) in [5, 5.41) is 3.51. The van der Waals surface area contributed by atoms with Gasteiger partial charge >= 0.3 is 0 Å². The second-order valence-corrected chi connectivity index (χ2v) is 5.20. The van der Waals surface area contributed by atoms with Gasteiger partial charge in [-0.3, -0.25) is 4.98 Å². The molecular weight excluding hydrogens is 210 g/mol. The molecule has 0 radical (unpaired) electrons. The van der Waals surface area contributed by atoms with Crippen LogP contribution in [0.15, 0.2) is 24.4 Å². The van der Waals surface area contributed by atoms with Crippen LogP contribution in [0.25, 0.3) is 0 Å². The zero-order valence-electron chi connectivity index (χ0n) is 10.9. The maximum Gasteiger partial charge on any atom is 0.0541 e. The molecule has 1 saturated heterocycles. The van der Waals surface area contributed by atoms with Crippen LogP contribution in [-0.4, -0.2) is 35.6 Å². The van der Waals surface area contributed by atoms with E-state index >= 15 is 0 Å². The molecule has 0 amide bonds. The molecule has 2 rings (SSSR count). The largest absolute Gasteiger partial charge is 0.311 e. The highest BCUT2D eigenvalue weighted by Crippen LogP contribution is 2.17. The van der Waals surface area contributed by atoms with Gasteiger partial charge in [0.05, 0.1) is 5.69 Å². The number of hydrogen-bond donors (Lipinski definition) is 1. The standard InChI is InChI=1S/C14H23N3/c1-12(2)17-8-6-13(11-17)9-15-10-14-5-3-4-7-16-14/h3-5,7,12-13,15H,6,8-11H2,1-2H3. The van der Waals surface area contributed by atoms with Crippen LogP contribution in [0, 0.1) is 5.92 Å². The van der Waals surface area contributed by atoms with Gasteiger partial charge in [-0.25, -0.2) is 0 Å². The summed E-state index contributed by atoms with van der Waals surface area (Å²) < 4.78 is 0. The second kappa shape index (κ2) is 6.12. The molecule has 0 saturated carbocycles. The molecular formula is C14H23N3. The Morgan fingerprint density at radius 2 is 2.35 bits per heavy atom. The summed E-state index contributed by atoms with van der Waals surface area (Å²) in [6, 6.07) is 6.76. The van der Waals surface area contributed by atoms with Crippen molar-refractivity contribution in [3.63, 3.8) is 0 Å². The third-order valence-electron chi connectivity index (χ3n) is 3.51. The highest BCUT2D eigenvalue weighted by molar-refractivity contribution is 5.02. The van der Waals surface area contributed by atoms with E-state index < -0.39 is 0 Å². The fourth-order valence-corrected chi connectivity index (χ4v) is 2.41. The van der Waals surface area contributed by atoms with Gasteiger partial charge in [0.15, 0.2) is 0 Å². The van der Waals surface area contributed by atoms with Crippen LogP contribution in [0.1, 0.15) is 26.0 Å². The lowest BCUT2D eigenvalue weighted by Gasteiger charge is -2.20. The van der Waals surface area contributed by atoms with Gasteiger partial charge in [0.1, 0.15) is 0 Å². The molecule has 3 nitrogen and oxygen atoms in total. The molecule has 1 aliphatic heterocycles. The van der Waals surface area contributed by atoms with Crippen molar-refractivity contribution in [3.8, 4) is 0 Å². The normalized spacial score (nSPS) is 21.2. The van der Waals surface area contributed by atoms with E-state index in [4.69, 9.17) is 0 Å². The third-order valence-corrected chi connectivity index (χ3v) is 3.51. The van der Waals surface area contributed by atoms with Gasteiger partial charge in [0.25, 0.3) is 0 Å². The van der Waals surface area contributed by atoms with Crippen molar-refractivity contribution in [1.82, 2.24) is 15.2 Å². The SMILES string of the molecule is CC(C)N1CCC(CNCc2ccccn2)C1. The Hall–Kier alpha value is -0.930. The Kier molecular flexibility index (Phi) is 4.51. The predicted octanol–water partition coefficient (Wildman–Crippen LogP) is 1.90. The molecule has 1 N–H and O–H groups in total. The van der Waals surface area contributed by atoms with Crippen molar-refractivity contribution in [2.75, 3.05) is 19.6 Å². The molecule has 1 aliphatic rings. The summed E-state index contributed by atoms with van der Waals surface area (Å²) in [7, 11) is 0. The first-order valence-electron chi connectivity index (χ1n) is 6.60. The van der Waals surface area contributed by atoms with Gasteiger partial charge < -0.3 is 10.2 Å². The molecule has 1 atom stereocenters. The Morgan fingerprint density at radius 3 is 3.00 bits per heavy atom. The van der Waals surface area contributed by atoms with Crippen molar-refractivity contribution in [2.45, 2.75) is 32.9 Å². The Bertz CT molecular complexity index is 323. The minimum absolute atomic E-state index is 0.691. The fraction of sp³-hybridized carbons (Fsp3) is 0.643. The molecule has 2 heterocycles. The van der Waals surface area contributed by atoms with E-state index in [-0.39, 0.29) is 0 Å². The summed E-state index contributed by atoms with van der Waals surface area (Å²) in [6.45, 7) is 9.06. The topological polar surface area (TPSA) is 28.2 Å². The first-order valence-corrected chi connectivity index (χ1v) is 6.60. The predicted molar refractivity (Wildman–Crippen MR) is 70.8 cm³/mol. The number of likely N-dealkylation sites (tertiary alicyclic amines) is 1. The summed E-state index contributed by atoms with van der Waals surface area (Å²) in [4.78, 5) is 6.88. The van der Waals surface area contributed by atoms with Crippen LogP contribution in [0.5, 0.6) is 0 Å². The van der Waals surface area contributed by atoms with E-state index in [1.165, 1.54) is 19.5 Å². The Balaban J connectivity index is 1.67. The van der Waals surface area contributed by atoms with Crippen LogP contribution < -0.4 is 5.32 Å². The lowest BCUT2D eigenvalue weighted by atomic mass is 10.1. The molecule has 1 unspecified atom stereocenters. The maximum absolute atomic E-state index is 4.31. The van der Waals surface area contributed by atoms with Gasteiger partial charge in [-0.2, -0.15) is 0 Å². The van der Waals surface area contributed by atoms with E-state index in [9.17, 15) is 0 Å². The lowest BCUT2D eigenvalue weighted by Crippen LogP contribution is -2.30. The molecule has 17 heavy (non-hydrogen) atoms. The number of rotatable bonds is 5. The van der Waals surface area contributed by atoms with E-state index in [1.54, 1.807) is 0 Å². The lowest BCUT2D eigenvalue weighted by molar-refractivity contribution is 0.264. The van der Waals surface area contributed by atoms with Crippen molar-refractivity contribution >= 4 is 0 Å². The van der Waals surface area contributed by atoms with Gasteiger partial charge in [-0.05, 0) is 51.4 Å². The summed E-state index contributed by atoms with van der Waals surface area (Å²) >= 11 is 0. The first-order chi connectivity index (χ1) is 8.25. The van der Waals surface area contributed by atoms with Crippen molar-refractivity contribution in [3.05, 3.63) is 30.1 Å². The van der Waals surface area contributed by atoms with Crippen molar-refractivity contribution in [1.29, 1.82) is 0 Å². The van der Waals surface area contributed by atoms with E-state index in [1.807, 2.05) is 18.3 Å². The summed E-state index contributed by atoms with van der Waals surface area (Å²) in [6.07, 6.45) is 3.18. The maximum atomic E-state index is 4.31. The molecule has 0 bridgehead atoms. The highest BCUT2D eigenvalue weighted by Gasteiger charge is 2.23. The number of pyridine rings is 1. The van der Waals surface area contributed by atoms with Gasteiger partial charge in [-0.15, -0.1) is 0 Å². The summed E-state index contributed by atoms with van der Waals surface area (Å²) in [5.41, 5.74) is 1.13. The van der Waals surface area contributed by atoms with Crippen LogP contribution in [0.4, 0.5) is 0 Å². The zero-order chi connectivity index (χ0) is 12.1. The zero-order valence-corrected chi connectivity index (χ0v) is 10.9. The Morgan fingerprint density at radius 1 is 1.47 bits per heavy atom. The van der Waals surface area contributed by atoms with E-state index in [2.05, 4.69) is 35.1 Å². The smallest absolute Gasteiger partial charge is 0.0541 e. The molecule has 1 fully saturated rings. The first kappa shape index (κ1) is 12.5. The minimum Gasteiger partial charge on any atom is -0.311 e. The number of nitrogens with zero attached hydrogens (tertiary/aromatic N) is 2. The quantitative estimate of drug-likeness (QED) is 0.842. The minimum atomic E-state index is 0.691. The van der Waals surface area contributed by atoms with Crippen LogP contribution in [0.3, 0.4) is 0 Å². The molecule has 0 aromatic carbocycles.